The molecular weight excluding hydrogens is 285 g/mol. The molecule has 2 aromatic rings. The number of hydrogen-bond donors (Lipinski definition) is 3. The van der Waals surface area contributed by atoms with Gasteiger partial charge in [0.15, 0.2) is 0 Å². The Balaban J connectivity index is 2.52. The third kappa shape index (κ3) is 2.96. The average molecular weight is 298 g/mol. The average Bonchev–Trinajstić information content (AvgIpc) is 2.36. The van der Waals surface area contributed by atoms with Gasteiger partial charge in [-0.2, -0.15) is 0 Å². The number of hydrazine groups is 1. The smallest absolute Gasteiger partial charge is 0.128 e. The minimum atomic E-state index is -0.447. The molecule has 0 amide bonds. The molecule has 1 unspecified atom stereocenters. The van der Waals surface area contributed by atoms with Crippen molar-refractivity contribution >= 4 is 29.0 Å². The lowest BCUT2D eigenvalue weighted by Gasteiger charge is -2.18. The van der Waals surface area contributed by atoms with Crippen molar-refractivity contribution < 1.29 is 0 Å². The Morgan fingerprint density at radius 1 is 1.21 bits per heavy atom. The van der Waals surface area contributed by atoms with Crippen LogP contribution in [-0.2, 0) is 0 Å². The van der Waals surface area contributed by atoms with Crippen LogP contribution in [0.25, 0.3) is 0 Å². The zero-order chi connectivity index (χ0) is 14.0. The van der Waals surface area contributed by atoms with Gasteiger partial charge in [-0.1, -0.05) is 23.2 Å². The fraction of sp³-hybridized carbons (Fsp3) is 0.167. The number of nitrogens with zero attached hydrogens (tertiary/aromatic N) is 2. The third-order valence-corrected chi connectivity index (χ3v) is 3.18. The fourth-order valence-corrected chi connectivity index (χ4v) is 2.28. The van der Waals surface area contributed by atoms with E-state index in [0.29, 0.717) is 21.6 Å². The van der Waals surface area contributed by atoms with Crippen molar-refractivity contribution in [3.8, 4) is 0 Å². The Bertz CT molecular complexity index is 603. The number of pyridine rings is 2. The summed E-state index contributed by atoms with van der Waals surface area (Å²) in [7, 11) is 0. The standard InChI is InChI=1S/C12H13Cl2N5/c1-6-2-8(12(15)18-4-6)10(19-16)11-9(14)3-7(13)5-17-11/h2-5,10,19H,16H2,1H3,(H2,15,18). The summed E-state index contributed by atoms with van der Waals surface area (Å²) in [6, 6.07) is 3.05. The molecule has 5 nitrogen and oxygen atoms in total. The van der Waals surface area contributed by atoms with Crippen LogP contribution in [0.1, 0.15) is 22.9 Å². The molecular formula is C12H13Cl2N5. The van der Waals surface area contributed by atoms with E-state index in [9.17, 15) is 0 Å². The first-order chi connectivity index (χ1) is 9.02. The summed E-state index contributed by atoms with van der Waals surface area (Å²) < 4.78 is 0. The Morgan fingerprint density at radius 3 is 2.58 bits per heavy atom. The van der Waals surface area contributed by atoms with E-state index < -0.39 is 6.04 Å². The van der Waals surface area contributed by atoms with Gasteiger partial charge in [-0.05, 0) is 24.6 Å². The van der Waals surface area contributed by atoms with E-state index in [0.717, 1.165) is 11.1 Å². The van der Waals surface area contributed by atoms with Crippen LogP contribution in [0.4, 0.5) is 5.82 Å². The lowest BCUT2D eigenvalue weighted by Crippen LogP contribution is -2.30. The summed E-state index contributed by atoms with van der Waals surface area (Å²) in [6.07, 6.45) is 3.19. The molecule has 7 heteroatoms. The fourth-order valence-electron chi connectivity index (χ4n) is 1.79. The number of anilines is 1. The highest BCUT2D eigenvalue weighted by atomic mass is 35.5. The predicted molar refractivity (Wildman–Crippen MR) is 76.8 cm³/mol. The van der Waals surface area contributed by atoms with Crippen molar-refractivity contribution in [2.75, 3.05) is 5.73 Å². The zero-order valence-electron chi connectivity index (χ0n) is 10.2. The lowest BCUT2D eigenvalue weighted by atomic mass is 10.0. The van der Waals surface area contributed by atoms with Gasteiger partial charge in [-0.3, -0.25) is 10.8 Å². The molecule has 0 bridgehead atoms. The van der Waals surface area contributed by atoms with E-state index in [-0.39, 0.29) is 0 Å². The molecule has 0 aliphatic heterocycles. The van der Waals surface area contributed by atoms with Crippen LogP contribution in [0, 0.1) is 6.92 Å². The highest BCUT2D eigenvalue weighted by Crippen LogP contribution is 2.30. The molecule has 0 fully saturated rings. The number of nitrogen functional groups attached to an aromatic ring is 1. The summed E-state index contributed by atoms with van der Waals surface area (Å²) >= 11 is 12.0. The SMILES string of the molecule is Cc1cnc(N)c(C(NN)c2ncc(Cl)cc2Cl)c1. The molecule has 100 valence electrons. The predicted octanol–water partition coefficient (Wildman–Crippen LogP) is 2.23. The van der Waals surface area contributed by atoms with E-state index in [1.807, 2.05) is 13.0 Å². The Hall–Kier alpha value is -1.40. The van der Waals surface area contributed by atoms with Gasteiger partial charge in [-0.25, -0.2) is 10.4 Å². The molecule has 0 radical (unpaired) electrons. The molecule has 1 atom stereocenters. The quantitative estimate of drug-likeness (QED) is 0.597. The van der Waals surface area contributed by atoms with Crippen molar-refractivity contribution in [2.24, 2.45) is 5.84 Å². The second-order valence-corrected chi connectivity index (χ2v) is 4.95. The summed E-state index contributed by atoms with van der Waals surface area (Å²) in [5, 5.41) is 0.871. The van der Waals surface area contributed by atoms with Gasteiger partial charge in [0.1, 0.15) is 5.82 Å². The number of nitrogens with two attached hydrogens (primary N) is 2. The van der Waals surface area contributed by atoms with E-state index in [2.05, 4.69) is 15.4 Å². The van der Waals surface area contributed by atoms with Gasteiger partial charge < -0.3 is 5.73 Å². The summed E-state index contributed by atoms with van der Waals surface area (Å²) in [6.45, 7) is 1.92. The second kappa shape index (κ2) is 5.71. The number of aromatic nitrogens is 2. The monoisotopic (exact) mass is 297 g/mol. The van der Waals surface area contributed by atoms with Crippen molar-refractivity contribution in [1.29, 1.82) is 0 Å². The Kier molecular flexibility index (Phi) is 4.21. The molecule has 0 aliphatic rings. The molecule has 0 aromatic carbocycles. The van der Waals surface area contributed by atoms with Crippen LogP contribution in [0.15, 0.2) is 24.5 Å². The maximum absolute atomic E-state index is 6.14. The van der Waals surface area contributed by atoms with Crippen molar-refractivity contribution in [2.45, 2.75) is 13.0 Å². The number of nitrogens with one attached hydrogen (secondary N) is 1. The topological polar surface area (TPSA) is 89.8 Å². The number of rotatable bonds is 3. The number of aryl methyl sites for hydroxylation is 1. The van der Waals surface area contributed by atoms with E-state index >= 15 is 0 Å². The van der Waals surface area contributed by atoms with Gasteiger partial charge in [-0.15, -0.1) is 0 Å². The summed E-state index contributed by atoms with van der Waals surface area (Å²) in [5.41, 5.74) is 10.8. The molecule has 0 saturated heterocycles. The molecule has 2 aromatic heterocycles. The molecule has 5 N–H and O–H groups in total. The largest absolute Gasteiger partial charge is 0.383 e. The van der Waals surface area contributed by atoms with Crippen LogP contribution in [0.3, 0.4) is 0 Å². The molecule has 0 aliphatic carbocycles. The molecule has 2 rings (SSSR count). The lowest BCUT2D eigenvalue weighted by molar-refractivity contribution is 0.620. The summed E-state index contributed by atoms with van der Waals surface area (Å²) in [4.78, 5) is 8.31. The zero-order valence-corrected chi connectivity index (χ0v) is 11.7. The van der Waals surface area contributed by atoms with E-state index in [1.165, 1.54) is 6.20 Å². The van der Waals surface area contributed by atoms with Crippen LogP contribution in [0.2, 0.25) is 10.0 Å². The van der Waals surface area contributed by atoms with E-state index in [1.54, 1.807) is 12.3 Å². The highest BCUT2D eigenvalue weighted by Gasteiger charge is 2.20. The van der Waals surface area contributed by atoms with Crippen molar-refractivity contribution in [1.82, 2.24) is 15.4 Å². The molecule has 0 saturated carbocycles. The maximum atomic E-state index is 6.14. The molecule has 19 heavy (non-hydrogen) atoms. The number of halogens is 2. The van der Waals surface area contributed by atoms with Crippen LogP contribution in [-0.4, -0.2) is 9.97 Å². The van der Waals surface area contributed by atoms with Crippen molar-refractivity contribution in [3.63, 3.8) is 0 Å². The number of hydrogen-bond acceptors (Lipinski definition) is 5. The van der Waals surface area contributed by atoms with Crippen LogP contribution >= 0.6 is 23.2 Å². The Morgan fingerprint density at radius 2 is 1.95 bits per heavy atom. The third-order valence-electron chi connectivity index (χ3n) is 2.67. The van der Waals surface area contributed by atoms with E-state index in [4.69, 9.17) is 34.8 Å². The molecule has 0 spiro atoms. The van der Waals surface area contributed by atoms with Gasteiger partial charge in [0.25, 0.3) is 0 Å². The minimum absolute atomic E-state index is 0.376. The van der Waals surface area contributed by atoms with Crippen LogP contribution < -0.4 is 17.0 Å². The maximum Gasteiger partial charge on any atom is 0.128 e. The molecule has 2 heterocycles. The van der Waals surface area contributed by atoms with Crippen LogP contribution in [0.5, 0.6) is 0 Å². The van der Waals surface area contributed by atoms with Gasteiger partial charge in [0.2, 0.25) is 0 Å². The van der Waals surface area contributed by atoms with Gasteiger partial charge >= 0.3 is 0 Å². The van der Waals surface area contributed by atoms with Gasteiger partial charge in [0.05, 0.1) is 21.8 Å². The first-order valence-corrected chi connectivity index (χ1v) is 6.27. The highest BCUT2D eigenvalue weighted by molar-refractivity contribution is 6.34. The first-order valence-electron chi connectivity index (χ1n) is 5.52. The minimum Gasteiger partial charge on any atom is -0.383 e. The Labute approximate surface area is 120 Å². The van der Waals surface area contributed by atoms with Gasteiger partial charge in [0, 0.05) is 18.0 Å². The summed E-state index contributed by atoms with van der Waals surface area (Å²) in [5.74, 6) is 5.97. The normalized spacial score (nSPS) is 12.4. The second-order valence-electron chi connectivity index (χ2n) is 4.11. The van der Waals surface area contributed by atoms with Crippen molar-refractivity contribution in [3.05, 3.63) is 51.4 Å². The first kappa shape index (κ1) is 14.0.